The van der Waals surface area contributed by atoms with Crippen molar-refractivity contribution < 1.29 is 19.7 Å². The second kappa shape index (κ2) is 10.7. The number of hydrogen-bond acceptors (Lipinski definition) is 6. The molecule has 2 aliphatic rings. The Bertz CT molecular complexity index is 471. The number of aliphatic hydroxyl groups is 2. The van der Waals surface area contributed by atoms with E-state index in [0.29, 0.717) is 12.8 Å². The van der Waals surface area contributed by atoms with Gasteiger partial charge >= 0.3 is 5.97 Å². The number of allylic oxidation sites excluding steroid dienone is 2. The molecule has 2 rings (SSSR count). The quantitative estimate of drug-likeness (QED) is 0.572. The average molecular weight is 386 g/mol. The molecule has 6 heteroatoms. The van der Waals surface area contributed by atoms with E-state index in [9.17, 15) is 15.0 Å². The van der Waals surface area contributed by atoms with E-state index in [1.54, 1.807) is 11.8 Å². The van der Waals surface area contributed by atoms with Crippen LogP contribution in [0.3, 0.4) is 0 Å². The Kier molecular flexibility index (Phi) is 8.94. The van der Waals surface area contributed by atoms with Gasteiger partial charge in [0.1, 0.15) is 0 Å². The number of ether oxygens (including phenoxy) is 1. The minimum atomic E-state index is -0.613. The minimum Gasteiger partial charge on any atom is -0.463 e. The van der Waals surface area contributed by atoms with Crippen molar-refractivity contribution in [2.75, 3.05) is 26.4 Å². The van der Waals surface area contributed by atoms with Gasteiger partial charge in [0.05, 0.1) is 24.7 Å². The lowest BCUT2D eigenvalue weighted by Crippen LogP contribution is -2.36. The van der Waals surface area contributed by atoms with Crippen LogP contribution in [0.4, 0.5) is 0 Å². The average Bonchev–Trinajstić information content (AvgIpc) is 2.92. The highest BCUT2D eigenvalue weighted by Crippen LogP contribution is 2.39. The summed E-state index contributed by atoms with van der Waals surface area (Å²) in [6.45, 7) is 2.84. The molecule has 0 radical (unpaired) electrons. The van der Waals surface area contributed by atoms with Crippen LogP contribution in [-0.2, 0) is 9.53 Å². The molecule has 0 bridgehead atoms. The standard InChI is InChI=1S/C20H35NO4S/c1-14-7-5-4-6-8-15-11-16(22)12-17(15)20(24)18(13-19(23)25-14)26-10-9-21(2)3/h6,8,14-18,20,22,24H,4-5,7,9-13H2,1-3H3/b8-6+/t14-,15+,16-,17+,18+,20-/m0/s1. The van der Waals surface area contributed by atoms with Gasteiger partial charge in [0.2, 0.25) is 0 Å². The summed E-state index contributed by atoms with van der Waals surface area (Å²) >= 11 is 1.65. The molecule has 0 aromatic carbocycles. The molecule has 1 fully saturated rings. The molecule has 0 aromatic rings. The maximum Gasteiger partial charge on any atom is 0.307 e. The molecule has 0 saturated heterocycles. The summed E-state index contributed by atoms with van der Waals surface area (Å²) in [6.07, 6.45) is 7.60. The maximum atomic E-state index is 12.4. The van der Waals surface area contributed by atoms with Crippen molar-refractivity contribution in [3.8, 4) is 0 Å². The highest BCUT2D eigenvalue weighted by molar-refractivity contribution is 8.00. The second-order valence-electron chi connectivity index (χ2n) is 8.02. The number of carbonyl (C=O) groups excluding carboxylic acids is 1. The van der Waals surface area contributed by atoms with E-state index >= 15 is 0 Å². The van der Waals surface area contributed by atoms with Crippen molar-refractivity contribution in [1.29, 1.82) is 0 Å². The maximum absolute atomic E-state index is 12.4. The van der Waals surface area contributed by atoms with Crippen molar-refractivity contribution in [3.05, 3.63) is 12.2 Å². The van der Waals surface area contributed by atoms with E-state index in [4.69, 9.17) is 4.74 Å². The smallest absolute Gasteiger partial charge is 0.307 e. The first-order valence-corrected chi connectivity index (χ1v) is 10.9. The lowest BCUT2D eigenvalue weighted by Gasteiger charge is -2.30. The molecule has 150 valence electrons. The van der Waals surface area contributed by atoms with Crippen LogP contribution < -0.4 is 0 Å². The van der Waals surface area contributed by atoms with E-state index in [1.807, 2.05) is 21.0 Å². The number of nitrogens with zero attached hydrogens (tertiary/aromatic N) is 1. The van der Waals surface area contributed by atoms with Gasteiger partial charge in [-0.25, -0.2) is 0 Å². The zero-order valence-electron chi connectivity index (χ0n) is 16.3. The summed E-state index contributed by atoms with van der Waals surface area (Å²) in [5.74, 6) is 0.823. The van der Waals surface area contributed by atoms with Gasteiger partial charge < -0.3 is 19.8 Å². The Labute approximate surface area is 162 Å². The molecule has 0 aromatic heterocycles. The van der Waals surface area contributed by atoms with Crippen LogP contribution in [-0.4, -0.2) is 71.0 Å². The second-order valence-corrected chi connectivity index (χ2v) is 9.37. The van der Waals surface area contributed by atoms with E-state index in [-0.39, 0.29) is 41.7 Å². The van der Waals surface area contributed by atoms with Crippen LogP contribution in [0, 0.1) is 11.8 Å². The van der Waals surface area contributed by atoms with Crippen LogP contribution in [0.15, 0.2) is 12.2 Å². The molecule has 0 unspecified atom stereocenters. The van der Waals surface area contributed by atoms with E-state index < -0.39 is 6.10 Å². The Balaban J connectivity index is 2.13. The molecule has 0 spiro atoms. The lowest BCUT2D eigenvalue weighted by molar-refractivity contribution is -0.149. The van der Waals surface area contributed by atoms with Crippen molar-refractivity contribution in [1.82, 2.24) is 4.90 Å². The highest BCUT2D eigenvalue weighted by Gasteiger charge is 2.40. The first-order chi connectivity index (χ1) is 12.4. The summed E-state index contributed by atoms with van der Waals surface area (Å²) in [6, 6.07) is 0. The van der Waals surface area contributed by atoms with Crippen molar-refractivity contribution in [3.63, 3.8) is 0 Å². The van der Waals surface area contributed by atoms with E-state index in [2.05, 4.69) is 17.1 Å². The number of hydrogen-bond donors (Lipinski definition) is 2. The third-order valence-electron chi connectivity index (χ3n) is 5.39. The summed E-state index contributed by atoms with van der Waals surface area (Å²) in [5, 5.41) is 21.0. The molecule has 1 heterocycles. The number of aliphatic hydroxyl groups excluding tert-OH is 2. The molecule has 2 N–H and O–H groups in total. The number of thioether (sulfide) groups is 1. The van der Waals surface area contributed by atoms with Gasteiger partial charge in [-0.05, 0) is 65.0 Å². The lowest BCUT2D eigenvalue weighted by atomic mass is 9.87. The van der Waals surface area contributed by atoms with Crippen LogP contribution >= 0.6 is 11.8 Å². The third-order valence-corrected chi connectivity index (χ3v) is 6.69. The largest absolute Gasteiger partial charge is 0.463 e. The van der Waals surface area contributed by atoms with Gasteiger partial charge in [0.15, 0.2) is 0 Å². The van der Waals surface area contributed by atoms with Gasteiger partial charge in [-0.2, -0.15) is 11.8 Å². The molecule has 1 aliphatic heterocycles. The molecule has 0 amide bonds. The van der Waals surface area contributed by atoms with E-state index in [0.717, 1.165) is 31.6 Å². The topological polar surface area (TPSA) is 70.0 Å². The van der Waals surface area contributed by atoms with Gasteiger partial charge in [0.25, 0.3) is 0 Å². The monoisotopic (exact) mass is 385 g/mol. The van der Waals surface area contributed by atoms with Crippen LogP contribution in [0.25, 0.3) is 0 Å². The number of carbonyl (C=O) groups is 1. The Morgan fingerprint density at radius 1 is 1.31 bits per heavy atom. The number of rotatable bonds is 4. The Morgan fingerprint density at radius 3 is 2.81 bits per heavy atom. The van der Waals surface area contributed by atoms with Gasteiger partial charge in [-0.3, -0.25) is 4.79 Å². The Morgan fingerprint density at radius 2 is 2.08 bits per heavy atom. The molecular formula is C20H35NO4S. The molecule has 5 nitrogen and oxygen atoms in total. The third kappa shape index (κ3) is 6.87. The molecule has 1 saturated carbocycles. The van der Waals surface area contributed by atoms with Gasteiger partial charge in [0, 0.05) is 17.5 Å². The van der Waals surface area contributed by atoms with Crippen molar-refractivity contribution >= 4 is 17.7 Å². The normalized spacial score (nSPS) is 38.0. The van der Waals surface area contributed by atoms with Crippen LogP contribution in [0.1, 0.15) is 45.4 Å². The predicted octanol–water partition coefficient (Wildman–Crippen LogP) is 2.46. The zero-order valence-corrected chi connectivity index (χ0v) is 17.2. The minimum absolute atomic E-state index is 0.00378. The molecule has 26 heavy (non-hydrogen) atoms. The first kappa shape index (κ1) is 21.7. The fraction of sp³-hybridized carbons (Fsp3) is 0.850. The molecule has 6 atom stereocenters. The fourth-order valence-electron chi connectivity index (χ4n) is 3.92. The van der Waals surface area contributed by atoms with Crippen molar-refractivity contribution in [2.45, 2.75) is 69.0 Å². The van der Waals surface area contributed by atoms with Gasteiger partial charge in [-0.1, -0.05) is 12.2 Å². The zero-order chi connectivity index (χ0) is 19.1. The summed E-state index contributed by atoms with van der Waals surface area (Å²) in [5.41, 5.74) is 0. The predicted molar refractivity (Wildman–Crippen MR) is 106 cm³/mol. The number of fused-ring (bicyclic) bond motifs is 1. The number of cyclic esters (lactones) is 1. The van der Waals surface area contributed by atoms with Crippen LogP contribution in [0.5, 0.6) is 0 Å². The summed E-state index contributed by atoms with van der Waals surface area (Å²) in [4.78, 5) is 14.5. The Hall–Kier alpha value is -0.560. The number of esters is 1. The highest BCUT2D eigenvalue weighted by atomic mass is 32.2. The molecule has 1 aliphatic carbocycles. The van der Waals surface area contributed by atoms with Gasteiger partial charge in [-0.15, -0.1) is 0 Å². The fourth-order valence-corrected chi connectivity index (χ4v) is 5.34. The summed E-state index contributed by atoms with van der Waals surface area (Å²) < 4.78 is 5.56. The van der Waals surface area contributed by atoms with E-state index in [1.165, 1.54) is 0 Å². The summed E-state index contributed by atoms with van der Waals surface area (Å²) in [7, 11) is 4.04. The van der Waals surface area contributed by atoms with Crippen molar-refractivity contribution in [2.24, 2.45) is 11.8 Å². The van der Waals surface area contributed by atoms with Crippen LogP contribution in [0.2, 0.25) is 0 Å². The SMILES string of the molecule is C[C@H]1CCC/C=C/[C@@H]2C[C@H](O)C[C@H]2[C@H](O)[C@H](SCCN(C)C)CC(=O)O1. The molecular weight excluding hydrogens is 350 g/mol. The first-order valence-electron chi connectivity index (χ1n) is 9.85.